The third-order valence-electron chi connectivity index (χ3n) is 3.88. The number of hydrogen-bond acceptors (Lipinski definition) is 3. The molecule has 1 heterocycles. The van der Waals surface area contributed by atoms with Crippen LogP contribution in [0.4, 0.5) is 0 Å². The molecule has 17 heavy (non-hydrogen) atoms. The van der Waals surface area contributed by atoms with Crippen LogP contribution in [0.5, 0.6) is 0 Å². The van der Waals surface area contributed by atoms with Crippen molar-refractivity contribution in [1.29, 1.82) is 0 Å². The minimum Gasteiger partial charge on any atom is -0.385 e. The van der Waals surface area contributed by atoms with E-state index in [1.54, 1.807) is 7.11 Å². The Hall–Kier alpha value is -0.120. The summed E-state index contributed by atoms with van der Waals surface area (Å²) in [5.41, 5.74) is 0. The summed E-state index contributed by atoms with van der Waals surface area (Å²) in [6.45, 7) is 11.4. The number of unbranched alkanes of at least 4 members (excludes halogenated alkanes) is 1. The Morgan fingerprint density at radius 3 is 2.71 bits per heavy atom. The van der Waals surface area contributed by atoms with Gasteiger partial charge in [-0.25, -0.2) is 0 Å². The predicted octanol–water partition coefficient (Wildman–Crippen LogP) is 2.12. The van der Waals surface area contributed by atoms with E-state index in [0.717, 1.165) is 25.1 Å². The average molecular weight is 242 g/mol. The number of methoxy groups -OCH3 is 1. The maximum absolute atomic E-state index is 5.11. The molecule has 0 aromatic carbocycles. The summed E-state index contributed by atoms with van der Waals surface area (Å²) < 4.78 is 5.11. The number of hydrogen-bond donors (Lipinski definition) is 1. The molecule has 0 aromatic rings. The molecule has 0 spiro atoms. The Morgan fingerprint density at radius 1 is 1.35 bits per heavy atom. The maximum atomic E-state index is 5.11. The van der Waals surface area contributed by atoms with Crippen LogP contribution in [0.2, 0.25) is 0 Å². The van der Waals surface area contributed by atoms with E-state index >= 15 is 0 Å². The van der Waals surface area contributed by atoms with Crippen molar-refractivity contribution in [2.24, 2.45) is 5.92 Å². The first-order chi connectivity index (χ1) is 8.19. The van der Waals surface area contributed by atoms with E-state index in [2.05, 4.69) is 31.0 Å². The van der Waals surface area contributed by atoms with Crippen molar-refractivity contribution in [2.75, 3.05) is 33.4 Å². The first kappa shape index (κ1) is 14.9. The van der Waals surface area contributed by atoms with Gasteiger partial charge in [0, 0.05) is 38.9 Å². The highest BCUT2D eigenvalue weighted by Gasteiger charge is 2.27. The summed E-state index contributed by atoms with van der Waals surface area (Å²) >= 11 is 0. The predicted molar refractivity (Wildman–Crippen MR) is 73.4 cm³/mol. The Bertz CT molecular complexity index is 197. The van der Waals surface area contributed by atoms with Crippen molar-refractivity contribution < 1.29 is 4.74 Å². The molecule has 2 atom stereocenters. The van der Waals surface area contributed by atoms with Crippen molar-refractivity contribution in [3.63, 3.8) is 0 Å². The molecule has 3 heteroatoms. The van der Waals surface area contributed by atoms with Gasteiger partial charge in [-0.2, -0.15) is 0 Å². The summed E-state index contributed by atoms with van der Waals surface area (Å²) in [5.74, 6) is 0.731. The van der Waals surface area contributed by atoms with Gasteiger partial charge in [0.15, 0.2) is 0 Å². The van der Waals surface area contributed by atoms with Gasteiger partial charge in [-0.05, 0) is 31.7 Å². The number of nitrogens with one attached hydrogen (secondary N) is 1. The van der Waals surface area contributed by atoms with E-state index in [1.165, 1.54) is 32.4 Å². The van der Waals surface area contributed by atoms with Crippen LogP contribution < -0.4 is 5.32 Å². The van der Waals surface area contributed by atoms with E-state index in [1.807, 2.05) is 0 Å². The molecule has 3 nitrogen and oxygen atoms in total. The van der Waals surface area contributed by atoms with Gasteiger partial charge in [0.2, 0.25) is 0 Å². The molecule has 1 saturated heterocycles. The fraction of sp³-hybridized carbons (Fsp3) is 1.00. The molecule has 1 aliphatic rings. The van der Waals surface area contributed by atoms with E-state index in [-0.39, 0.29) is 0 Å². The highest BCUT2D eigenvalue weighted by molar-refractivity contribution is 4.86. The van der Waals surface area contributed by atoms with E-state index in [0.29, 0.717) is 6.04 Å². The lowest BCUT2D eigenvalue weighted by Gasteiger charge is -2.41. The molecular formula is C14H30N2O. The average Bonchev–Trinajstić information content (AvgIpc) is 2.34. The molecule has 0 radical (unpaired) electrons. The molecular weight excluding hydrogens is 212 g/mol. The summed E-state index contributed by atoms with van der Waals surface area (Å²) in [7, 11) is 1.79. The fourth-order valence-electron chi connectivity index (χ4n) is 2.57. The second kappa shape index (κ2) is 8.06. The molecule has 1 fully saturated rings. The van der Waals surface area contributed by atoms with Gasteiger partial charge in [-0.3, -0.25) is 4.90 Å². The molecule has 1 N–H and O–H groups in total. The van der Waals surface area contributed by atoms with Gasteiger partial charge in [-0.15, -0.1) is 0 Å². The highest BCUT2D eigenvalue weighted by atomic mass is 16.5. The first-order valence-electron chi connectivity index (χ1n) is 7.15. The molecule has 1 aliphatic heterocycles. The number of ether oxygens (including phenoxy) is 1. The molecule has 0 saturated carbocycles. The minimum atomic E-state index is 0.667. The Kier molecular flexibility index (Phi) is 7.09. The second-order valence-corrected chi connectivity index (χ2v) is 5.52. The zero-order chi connectivity index (χ0) is 12.7. The van der Waals surface area contributed by atoms with Gasteiger partial charge < -0.3 is 10.1 Å². The van der Waals surface area contributed by atoms with Crippen LogP contribution in [0.1, 0.15) is 40.0 Å². The minimum absolute atomic E-state index is 0.667. The lowest BCUT2D eigenvalue weighted by Crippen LogP contribution is -2.58. The number of nitrogens with zero attached hydrogens (tertiary/aromatic N) is 1. The lowest BCUT2D eigenvalue weighted by atomic mass is 9.98. The third-order valence-corrected chi connectivity index (χ3v) is 3.88. The van der Waals surface area contributed by atoms with Crippen LogP contribution in [0, 0.1) is 5.92 Å². The molecule has 0 bridgehead atoms. The molecule has 2 unspecified atom stereocenters. The Balaban J connectivity index is 2.34. The van der Waals surface area contributed by atoms with Crippen LogP contribution in [-0.2, 0) is 4.74 Å². The van der Waals surface area contributed by atoms with Crippen molar-refractivity contribution >= 4 is 0 Å². The molecule has 0 aliphatic carbocycles. The fourth-order valence-corrected chi connectivity index (χ4v) is 2.57. The van der Waals surface area contributed by atoms with Crippen LogP contribution in [0.3, 0.4) is 0 Å². The van der Waals surface area contributed by atoms with Gasteiger partial charge >= 0.3 is 0 Å². The van der Waals surface area contributed by atoms with E-state index in [9.17, 15) is 0 Å². The third kappa shape index (κ3) is 4.94. The lowest BCUT2D eigenvalue weighted by molar-refractivity contribution is 0.104. The topological polar surface area (TPSA) is 24.5 Å². The van der Waals surface area contributed by atoms with Crippen molar-refractivity contribution in [2.45, 2.75) is 52.1 Å². The number of rotatable bonds is 7. The Morgan fingerprint density at radius 2 is 2.12 bits per heavy atom. The van der Waals surface area contributed by atoms with Crippen molar-refractivity contribution in [1.82, 2.24) is 10.2 Å². The van der Waals surface area contributed by atoms with Crippen molar-refractivity contribution in [3.8, 4) is 0 Å². The summed E-state index contributed by atoms with van der Waals surface area (Å²) in [4.78, 5) is 2.68. The standard InChI is InChI=1S/C14H30N2O/c1-5-13-10-15-14(12(2)3)11-16(13)8-6-7-9-17-4/h12-15H,5-11H2,1-4H3. The molecule has 1 rings (SSSR count). The van der Waals surface area contributed by atoms with Gasteiger partial charge in [0.05, 0.1) is 0 Å². The summed E-state index contributed by atoms with van der Waals surface area (Å²) in [6, 6.07) is 1.40. The quantitative estimate of drug-likeness (QED) is 0.692. The normalized spacial score (nSPS) is 26.6. The summed E-state index contributed by atoms with van der Waals surface area (Å²) in [5, 5.41) is 3.68. The van der Waals surface area contributed by atoms with Crippen LogP contribution in [0.15, 0.2) is 0 Å². The first-order valence-corrected chi connectivity index (χ1v) is 7.15. The maximum Gasteiger partial charge on any atom is 0.0462 e. The Labute approximate surface area is 107 Å². The van der Waals surface area contributed by atoms with Gasteiger partial charge in [0.25, 0.3) is 0 Å². The van der Waals surface area contributed by atoms with Crippen LogP contribution >= 0.6 is 0 Å². The molecule has 102 valence electrons. The monoisotopic (exact) mass is 242 g/mol. The smallest absolute Gasteiger partial charge is 0.0462 e. The van der Waals surface area contributed by atoms with Crippen LogP contribution in [0.25, 0.3) is 0 Å². The highest BCUT2D eigenvalue weighted by Crippen LogP contribution is 2.15. The zero-order valence-electron chi connectivity index (χ0n) is 12.0. The van der Waals surface area contributed by atoms with Crippen LogP contribution in [-0.4, -0.2) is 50.3 Å². The summed E-state index contributed by atoms with van der Waals surface area (Å²) in [6.07, 6.45) is 3.69. The molecule has 0 aromatic heterocycles. The van der Waals surface area contributed by atoms with E-state index in [4.69, 9.17) is 4.74 Å². The molecule has 0 amide bonds. The number of piperazine rings is 1. The largest absolute Gasteiger partial charge is 0.385 e. The van der Waals surface area contributed by atoms with Crippen molar-refractivity contribution in [3.05, 3.63) is 0 Å². The SMILES string of the molecule is CCC1CNC(C(C)C)CN1CCCCOC. The van der Waals surface area contributed by atoms with Gasteiger partial charge in [0.1, 0.15) is 0 Å². The van der Waals surface area contributed by atoms with Gasteiger partial charge in [-0.1, -0.05) is 20.8 Å². The van der Waals surface area contributed by atoms with E-state index < -0.39 is 0 Å². The second-order valence-electron chi connectivity index (χ2n) is 5.52. The zero-order valence-corrected chi connectivity index (χ0v) is 12.0.